The number of anilines is 1. The molecule has 0 atom stereocenters. The number of ether oxygens (including phenoxy) is 1. The van der Waals surface area contributed by atoms with Gasteiger partial charge < -0.3 is 14.5 Å². The van der Waals surface area contributed by atoms with Crippen molar-refractivity contribution in [1.29, 1.82) is 0 Å². The Labute approximate surface area is 133 Å². The zero-order chi connectivity index (χ0) is 16.5. The molecule has 7 heteroatoms. The lowest BCUT2D eigenvalue weighted by atomic mass is 10.3. The van der Waals surface area contributed by atoms with Gasteiger partial charge in [-0.25, -0.2) is 15.2 Å². The van der Waals surface area contributed by atoms with Crippen molar-refractivity contribution in [1.82, 2.24) is 4.98 Å². The van der Waals surface area contributed by atoms with Crippen LogP contribution in [0, 0.1) is 0 Å². The minimum Gasteiger partial charge on any atom is -0.492 e. The summed E-state index contributed by atoms with van der Waals surface area (Å²) in [5.41, 5.74) is 0.471. The topological polar surface area (TPSA) is 84.2 Å². The van der Waals surface area contributed by atoms with Crippen molar-refractivity contribution in [3.8, 4) is 5.75 Å². The number of aromatic nitrogens is 1. The van der Waals surface area contributed by atoms with Crippen LogP contribution in [0.3, 0.4) is 0 Å². The van der Waals surface area contributed by atoms with Gasteiger partial charge in [-0.15, -0.1) is 0 Å². The highest BCUT2D eigenvalue weighted by atomic mass is 17.1. The summed E-state index contributed by atoms with van der Waals surface area (Å²) in [7, 11) is 1.94. The fourth-order valence-electron chi connectivity index (χ4n) is 1.81. The second-order valence-electron chi connectivity index (χ2n) is 4.61. The Morgan fingerprint density at radius 3 is 2.70 bits per heavy atom. The van der Waals surface area contributed by atoms with Gasteiger partial charge in [-0.05, 0) is 36.4 Å². The Balaban J connectivity index is 1.85. The maximum Gasteiger partial charge on any atom is 0.296 e. The molecule has 2 rings (SSSR count). The number of likely N-dealkylation sites (N-methyl/N-ethyl adjacent to an activating group) is 1. The second kappa shape index (κ2) is 8.50. The van der Waals surface area contributed by atoms with Gasteiger partial charge in [-0.1, -0.05) is 6.07 Å². The number of pyridine rings is 1. The van der Waals surface area contributed by atoms with Crippen LogP contribution < -0.4 is 9.64 Å². The molecule has 1 N–H and O–H groups in total. The molecule has 0 spiro atoms. The largest absolute Gasteiger partial charge is 0.492 e. The molecule has 0 aliphatic heterocycles. The molecule has 0 amide bonds. The highest BCUT2D eigenvalue weighted by molar-refractivity contribution is 6.24. The summed E-state index contributed by atoms with van der Waals surface area (Å²) in [5.74, 6) is 1.15. The molecule has 1 aromatic heterocycles. The summed E-state index contributed by atoms with van der Waals surface area (Å²) in [6.07, 6.45) is 2.06. The first-order valence-electron chi connectivity index (χ1n) is 6.93. The van der Waals surface area contributed by atoms with Gasteiger partial charge in [-0.2, -0.15) is 0 Å². The number of hydrogen-bond acceptors (Lipinski definition) is 7. The first kappa shape index (κ1) is 16.4. The van der Waals surface area contributed by atoms with E-state index in [0.717, 1.165) is 5.82 Å². The van der Waals surface area contributed by atoms with Crippen LogP contribution in [-0.4, -0.2) is 42.6 Å². The molecule has 2 aromatic rings. The van der Waals surface area contributed by atoms with E-state index in [4.69, 9.17) is 9.99 Å². The monoisotopic (exact) mass is 315 g/mol. The van der Waals surface area contributed by atoms with Gasteiger partial charge in [-0.3, -0.25) is 4.79 Å². The Bertz CT molecular complexity index is 644. The van der Waals surface area contributed by atoms with Crippen LogP contribution >= 0.6 is 0 Å². The van der Waals surface area contributed by atoms with E-state index < -0.39 is 5.90 Å². The maximum absolute atomic E-state index is 10.5. The molecule has 1 aromatic carbocycles. The second-order valence-corrected chi connectivity index (χ2v) is 4.61. The van der Waals surface area contributed by atoms with Gasteiger partial charge in [0, 0.05) is 13.2 Å². The standard InChI is InChI=1S/C16H17N3O4/c1-19(15-4-2-3-9-17-15)10-11-22-14-7-5-13(6-8-14)18-16(12-20)23-21/h2-9,12,21H,10-11H2,1H3. The predicted molar refractivity (Wildman–Crippen MR) is 86.3 cm³/mol. The molecule has 0 bridgehead atoms. The lowest BCUT2D eigenvalue weighted by Gasteiger charge is -2.18. The molecule has 23 heavy (non-hydrogen) atoms. The van der Waals surface area contributed by atoms with Crippen LogP contribution in [0.4, 0.5) is 11.5 Å². The zero-order valence-electron chi connectivity index (χ0n) is 12.6. The van der Waals surface area contributed by atoms with Crippen molar-refractivity contribution in [2.45, 2.75) is 0 Å². The van der Waals surface area contributed by atoms with Gasteiger partial charge in [0.2, 0.25) is 6.29 Å². The molecule has 0 saturated carbocycles. The van der Waals surface area contributed by atoms with Crippen LogP contribution in [0.2, 0.25) is 0 Å². The van der Waals surface area contributed by atoms with E-state index in [1.54, 1.807) is 30.5 Å². The molecule has 7 nitrogen and oxygen atoms in total. The number of carbonyl (C=O) groups excluding carboxylic acids is 1. The quantitative estimate of drug-likeness (QED) is 0.277. The third-order valence-corrected chi connectivity index (χ3v) is 3.01. The Morgan fingerprint density at radius 2 is 2.09 bits per heavy atom. The van der Waals surface area contributed by atoms with Gasteiger partial charge in [0.05, 0.1) is 12.2 Å². The molecule has 0 unspecified atom stereocenters. The number of carbonyl (C=O) groups is 1. The number of aliphatic imine (C=N–C) groups is 1. The molecule has 0 aliphatic carbocycles. The fraction of sp³-hybridized carbons (Fsp3) is 0.188. The predicted octanol–water partition coefficient (Wildman–Crippen LogP) is 2.32. The van der Waals surface area contributed by atoms with Crippen molar-refractivity contribution in [2.24, 2.45) is 4.99 Å². The minimum atomic E-state index is -0.407. The van der Waals surface area contributed by atoms with Crippen molar-refractivity contribution < 1.29 is 19.7 Å². The molecule has 0 fully saturated rings. The van der Waals surface area contributed by atoms with E-state index in [0.29, 0.717) is 30.9 Å². The fourth-order valence-corrected chi connectivity index (χ4v) is 1.81. The summed E-state index contributed by atoms with van der Waals surface area (Å²) in [6.45, 7) is 1.18. The van der Waals surface area contributed by atoms with Crippen LogP contribution in [0.15, 0.2) is 53.7 Å². The Hall–Kier alpha value is -2.93. The number of nitrogens with zero attached hydrogens (tertiary/aromatic N) is 3. The normalized spacial score (nSPS) is 11.0. The summed E-state index contributed by atoms with van der Waals surface area (Å²) >= 11 is 0. The molecule has 0 saturated heterocycles. The summed E-state index contributed by atoms with van der Waals surface area (Å²) in [5, 5.41) is 8.41. The average molecular weight is 315 g/mol. The molecule has 120 valence electrons. The van der Waals surface area contributed by atoms with Crippen molar-refractivity contribution >= 4 is 23.7 Å². The van der Waals surface area contributed by atoms with E-state index in [-0.39, 0.29) is 0 Å². The Kier molecular flexibility index (Phi) is 6.07. The summed E-state index contributed by atoms with van der Waals surface area (Å²) in [6, 6.07) is 12.5. The van der Waals surface area contributed by atoms with E-state index in [1.807, 2.05) is 30.1 Å². The maximum atomic E-state index is 10.5. The average Bonchev–Trinajstić information content (AvgIpc) is 2.61. The summed E-state index contributed by atoms with van der Waals surface area (Å²) < 4.78 is 5.64. The van der Waals surface area contributed by atoms with Gasteiger partial charge >= 0.3 is 0 Å². The minimum absolute atomic E-state index is 0.317. The zero-order valence-corrected chi connectivity index (χ0v) is 12.6. The highest BCUT2D eigenvalue weighted by Gasteiger charge is 2.02. The molecular formula is C16H17N3O4. The highest BCUT2D eigenvalue weighted by Crippen LogP contribution is 2.18. The first-order chi connectivity index (χ1) is 11.2. The smallest absolute Gasteiger partial charge is 0.296 e. The lowest BCUT2D eigenvalue weighted by Crippen LogP contribution is -2.24. The SMILES string of the molecule is CN(CCOc1ccc(N=C(C=O)OO)cc1)c1ccccn1. The van der Waals surface area contributed by atoms with Crippen LogP contribution in [0.25, 0.3) is 0 Å². The third-order valence-electron chi connectivity index (χ3n) is 3.01. The summed E-state index contributed by atoms with van der Waals surface area (Å²) in [4.78, 5) is 24.3. The number of hydrogen-bond donors (Lipinski definition) is 1. The van der Waals surface area contributed by atoms with Crippen LogP contribution in [0.5, 0.6) is 5.75 Å². The van der Waals surface area contributed by atoms with Crippen LogP contribution in [0.1, 0.15) is 0 Å². The van der Waals surface area contributed by atoms with Crippen molar-refractivity contribution in [3.63, 3.8) is 0 Å². The van der Waals surface area contributed by atoms with Crippen molar-refractivity contribution in [3.05, 3.63) is 48.7 Å². The van der Waals surface area contributed by atoms with Gasteiger partial charge in [0.15, 0.2) is 0 Å². The molecular weight excluding hydrogens is 298 g/mol. The molecule has 1 heterocycles. The van der Waals surface area contributed by atoms with E-state index in [2.05, 4.69) is 14.9 Å². The van der Waals surface area contributed by atoms with Gasteiger partial charge in [0.1, 0.15) is 18.2 Å². The third kappa shape index (κ3) is 5.08. The van der Waals surface area contributed by atoms with Crippen LogP contribution in [-0.2, 0) is 9.68 Å². The van der Waals surface area contributed by atoms with E-state index >= 15 is 0 Å². The van der Waals surface area contributed by atoms with E-state index in [1.165, 1.54) is 0 Å². The Morgan fingerprint density at radius 1 is 1.30 bits per heavy atom. The first-order valence-corrected chi connectivity index (χ1v) is 6.93. The number of benzene rings is 1. The van der Waals surface area contributed by atoms with Crippen molar-refractivity contribution in [2.75, 3.05) is 25.1 Å². The van der Waals surface area contributed by atoms with Gasteiger partial charge in [0.25, 0.3) is 5.90 Å². The number of rotatable bonds is 7. The molecule has 0 aliphatic rings. The lowest BCUT2D eigenvalue weighted by molar-refractivity contribution is -0.158. The number of aldehydes is 1. The molecule has 0 radical (unpaired) electrons. The van der Waals surface area contributed by atoms with E-state index in [9.17, 15) is 4.79 Å².